The summed E-state index contributed by atoms with van der Waals surface area (Å²) < 4.78 is 2.01. The Morgan fingerprint density at radius 1 is 1.33 bits per heavy atom. The van der Waals surface area contributed by atoms with E-state index in [-0.39, 0.29) is 11.8 Å². The van der Waals surface area contributed by atoms with E-state index in [0.29, 0.717) is 13.1 Å². The zero-order chi connectivity index (χ0) is 15.0. The third kappa shape index (κ3) is 2.32. The second kappa shape index (κ2) is 5.16. The Balaban J connectivity index is 1.77. The molecule has 2 fully saturated rings. The van der Waals surface area contributed by atoms with Gasteiger partial charge in [0.15, 0.2) is 0 Å². The van der Waals surface area contributed by atoms with E-state index in [0.717, 1.165) is 31.5 Å². The molecule has 0 radical (unpaired) electrons. The van der Waals surface area contributed by atoms with Gasteiger partial charge < -0.3 is 14.8 Å². The van der Waals surface area contributed by atoms with Crippen LogP contribution in [0.15, 0.2) is 12.4 Å². The molecule has 0 aromatic carbocycles. The Morgan fingerprint density at radius 3 is 2.67 bits per heavy atom. The van der Waals surface area contributed by atoms with Crippen LogP contribution in [-0.2, 0) is 16.1 Å². The number of nitrogens with zero attached hydrogens (tertiary/aromatic N) is 3. The van der Waals surface area contributed by atoms with Crippen LogP contribution in [-0.4, -0.2) is 44.4 Å². The fourth-order valence-corrected chi connectivity index (χ4v) is 3.45. The molecule has 1 atom stereocenters. The molecule has 1 spiro atoms. The Morgan fingerprint density at radius 2 is 2.05 bits per heavy atom. The van der Waals surface area contributed by atoms with Crippen molar-refractivity contribution in [3.8, 4) is 0 Å². The summed E-state index contributed by atoms with van der Waals surface area (Å²) in [7, 11) is 0. The molecular weight excluding hydrogens is 268 g/mol. The normalized spacial score (nSPS) is 24.7. The predicted octanol–water partition coefficient (Wildman–Crippen LogP) is 0.851. The Bertz CT molecular complexity index is 560. The van der Waals surface area contributed by atoms with Crippen molar-refractivity contribution in [2.45, 2.75) is 57.7 Å². The van der Waals surface area contributed by atoms with E-state index in [4.69, 9.17) is 0 Å². The van der Waals surface area contributed by atoms with Crippen LogP contribution in [0.3, 0.4) is 0 Å². The second-order valence-electron chi connectivity index (χ2n) is 6.12. The number of hydrogen-bond acceptors (Lipinski definition) is 3. The van der Waals surface area contributed by atoms with E-state index in [9.17, 15) is 9.59 Å². The van der Waals surface area contributed by atoms with Gasteiger partial charge in [0.2, 0.25) is 11.8 Å². The maximum atomic E-state index is 12.8. The Hall–Kier alpha value is -1.85. The fraction of sp³-hybridized carbons (Fsp3) is 0.667. The number of aryl methyl sites for hydroxylation is 1. The molecule has 6 nitrogen and oxygen atoms in total. The number of nitrogens with one attached hydrogen (secondary N) is 1. The molecule has 6 heteroatoms. The number of rotatable bonds is 3. The van der Waals surface area contributed by atoms with E-state index < -0.39 is 11.6 Å². The molecule has 1 saturated heterocycles. The van der Waals surface area contributed by atoms with Crippen LogP contribution in [0.25, 0.3) is 0 Å². The summed E-state index contributed by atoms with van der Waals surface area (Å²) in [6, 6.07) is -0.396. The number of imidazole rings is 1. The van der Waals surface area contributed by atoms with Gasteiger partial charge in [-0.15, -0.1) is 0 Å². The summed E-state index contributed by atoms with van der Waals surface area (Å²) in [5.74, 6) is 0.982. The minimum Gasteiger partial charge on any atom is -0.340 e. The predicted molar refractivity (Wildman–Crippen MR) is 77.5 cm³/mol. The number of piperazine rings is 1. The first-order valence-electron chi connectivity index (χ1n) is 7.64. The van der Waals surface area contributed by atoms with Crippen molar-refractivity contribution in [3.05, 3.63) is 18.2 Å². The Labute approximate surface area is 124 Å². The maximum Gasteiger partial charge on any atom is 0.249 e. The van der Waals surface area contributed by atoms with E-state index in [2.05, 4.69) is 10.3 Å². The minimum absolute atomic E-state index is 0.0288. The smallest absolute Gasteiger partial charge is 0.249 e. The highest BCUT2D eigenvalue weighted by Gasteiger charge is 2.50. The molecule has 2 aliphatic rings. The molecule has 1 N–H and O–H groups in total. The van der Waals surface area contributed by atoms with Gasteiger partial charge in [0, 0.05) is 25.5 Å². The molecule has 2 amide bonds. The van der Waals surface area contributed by atoms with E-state index >= 15 is 0 Å². The molecule has 1 aromatic heterocycles. The number of hydrogen-bond donors (Lipinski definition) is 1. The van der Waals surface area contributed by atoms with Crippen molar-refractivity contribution in [2.75, 3.05) is 6.54 Å². The van der Waals surface area contributed by atoms with Gasteiger partial charge >= 0.3 is 0 Å². The number of carbonyl (C=O) groups excluding carboxylic acids is 2. The van der Waals surface area contributed by atoms with Crippen molar-refractivity contribution >= 4 is 11.8 Å². The largest absolute Gasteiger partial charge is 0.340 e. The molecule has 2 heterocycles. The highest BCUT2D eigenvalue weighted by Crippen LogP contribution is 2.34. The molecule has 1 aliphatic carbocycles. The van der Waals surface area contributed by atoms with Crippen LogP contribution < -0.4 is 5.32 Å². The third-order valence-corrected chi connectivity index (χ3v) is 4.84. The van der Waals surface area contributed by atoms with Crippen molar-refractivity contribution in [1.29, 1.82) is 0 Å². The lowest BCUT2D eigenvalue weighted by Gasteiger charge is -2.43. The van der Waals surface area contributed by atoms with Gasteiger partial charge in [-0.25, -0.2) is 4.98 Å². The topological polar surface area (TPSA) is 67.2 Å². The van der Waals surface area contributed by atoms with E-state index in [1.165, 1.54) is 0 Å². The van der Waals surface area contributed by atoms with Crippen molar-refractivity contribution in [2.24, 2.45) is 0 Å². The van der Waals surface area contributed by atoms with Crippen LogP contribution in [0.2, 0.25) is 0 Å². The van der Waals surface area contributed by atoms with Crippen LogP contribution in [0.4, 0.5) is 0 Å². The lowest BCUT2D eigenvalue weighted by molar-refractivity contribution is -0.154. The molecule has 1 saturated carbocycles. The van der Waals surface area contributed by atoms with E-state index in [1.807, 2.05) is 17.7 Å². The summed E-state index contributed by atoms with van der Waals surface area (Å²) in [6.07, 6.45) is 7.21. The molecule has 21 heavy (non-hydrogen) atoms. The number of amides is 2. The molecule has 1 aromatic rings. The van der Waals surface area contributed by atoms with Gasteiger partial charge in [0.05, 0.1) is 0 Å². The highest BCUT2D eigenvalue weighted by atomic mass is 16.2. The molecule has 3 rings (SSSR count). The van der Waals surface area contributed by atoms with Crippen LogP contribution >= 0.6 is 0 Å². The maximum absolute atomic E-state index is 12.8. The summed E-state index contributed by atoms with van der Waals surface area (Å²) in [4.78, 5) is 31.0. The van der Waals surface area contributed by atoms with Crippen molar-refractivity contribution in [3.63, 3.8) is 0 Å². The van der Waals surface area contributed by atoms with Gasteiger partial charge in [0.25, 0.3) is 0 Å². The van der Waals surface area contributed by atoms with Gasteiger partial charge in [-0.1, -0.05) is 12.8 Å². The van der Waals surface area contributed by atoms with Gasteiger partial charge in [-0.05, 0) is 26.7 Å². The number of carbonyl (C=O) groups is 2. The van der Waals surface area contributed by atoms with Crippen LogP contribution in [0, 0.1) is 6.92 Å². The van der Waals surface area contributed by atoms with Crippen molar-refractivity contribution in [1.82, 2.24) is 19.8 Å². The van der Waals surface area contributed by atoms with Crippen molar-refractivity contribution < 1.29 is 9.59 Å². The monoisotopic (exact) mass is 290 g/mol. The summed E-state index contributed by atoms with van der Waals surface area (Å²) >= 11 is 0. The first kappa shape index (κ1) is 14.1. The third-order valence-electron chi connectivity index (χ3n) is 4.84. The fourth-order valence-electron chi connectivity index (χ4n) is 3.45. The first-order valence-corrected chi connectivity index (χ1v) is 7.64. The second-order valence-corrected chi connectivity index (χ2v) is 6.12. The minimum atomic E-state index is -0.631. The SMILES string of the molecule is Cc1nccn1CCN1C(=O)C2(CCCC2)NC(=O)C1C. The molecule has 0 bridgehead atoms. The standard InChI is InChI=1S/C15H22N4O2/c1-11-13(20)17-15(5-3-4-6-15)14(21)19(11)10-9-18-8-7-16-12(18)2/h7-8,11H,3-6,9-10H2,1-2H3,(H,17,20). The van der Waals surface area contributed by atoms with Gasteiger partial charge in [-0.3, -0.25) is 9.59 Å². The molecular formula is C15H22N4O2. The average molecular weight is 290 g/mol. The zero-order valence-electron chi connectivity index (χ0n) is 12.6. The van der Waals surface area contributed by atoms with E-state index in [1.54, 1.807) is 18.0 Å². The quantitative estimate of drug-likeness (QED) is 0.897. The molecule has 1 aliphatic heterocycles. The summed E-state index contributed by atoms with van der Waals surface area (Å²) in [5, 5.41) is 2.98. The Kier molecular flexibility index (Phi) is 3.47. The first-order chi connectivity index (χ1) is 10.0. The summed E-state index contributed by atoms with van der Waals surface area (Å²) in [6.45, 7) is 4.96. The van der Waals surface area contributed by atoms with Gasteiger partial charge in [0.1, 0.15) is 17.4 Å². The van der Waals surface area contributed by atoms with Crippen LogP contribution in [0.1, 0.15) is 38.4 Å². The number of aromatic nitrogens is 2. The molecule has 1 unspecified atom stereocenters. The van der Waals surface area contributed by atoms with Gasteiger partial charge in [-0.2, -0.15) is 0 Å². The lowest BCUT2D eigenvalue weighted by atomic mass is 9.91. The lowest BCUT2D eigenvalue weighted by Crippen LogP contribution is -2.69. The average Bonchev–Trinajstić information content (AvgIpc) is 3.07. The zero-order valence-corrected chi connectivity index (χ0v) is 12.6. The summed E-state index contributed by atoms with van der Waals surface area (Å²) in [5.41, 5.74) is -0.631. The molecule has 114 valence electrons. The van der Waals surface area contributed by atoms with Crippen LogP contribution in [0.5, 0.6) is 0 Å². The highest BCUT2D eigenvalue weighted by molar-refractivity contribution is 5.99.